The Kier molecular flexibility index (Phi) is 5.61. The van der Waals surface area contributed by atoms with Gasteiger partial charge in [0.15, 0.2) is 0 Å². The summed E-state index contributed by atoms with van der Waals surface area (Å²) in [6.07, 6.45) is 2.60. The molecule has 0 heterocycles. The molecule has 0 aromatic carbocycles. The summed E-state index contributed by atoms with van der Waals surface area (Å²) in [7, 11) is 0. The summed E-state index contributed by atoms with van der Waals surface area (Å²) in [6.45, 7) is 13.9. The average molecular weight is 169 g/mol. The molecule has 0 bridgehead atoms. The van der Waals surface area contributed by atoms with Gasteiger partial charge in [-0.2, -0.15) is 0 Å². The fourth-order valence-electron chi connectivity index (χ4n) is 1.67. The van der Waals surface area contributed by atoms with Crippen LogP contribution in [0.2, 0.25) is 0 Å². The van der Waals surface area contributed by atoms with Crippen LogP contribution in [0.4, 0.5) is 0 Å². The second-order valence-electron chi connectivity index (χ2n) is 4.62. The molecule has 0 aliphatic rings. The van der Waals surface area contributed by atoms with Gasteiger partial charge >= 0.3 is 0 Å². The van der Waals surface area contributed by atoms with Crippen molar-refractivity contribution in [3.63, 3.8) is 0 Å². The molecule has 0 saturated carbocycles. The van der Waals surface area contributed by atoms with Gasteiger partial charge in [0, 0.05) is 0 Å². The minimum absolute atomic E-state index is 0.803. The molecule has 0 N–H and O–H groups in total. The van der Waals surface area contributed by atoms with Crippen molar-refractivity contribution in [1.82, 2.24) is 0 Å². The fraction of sp³-hybridized carbons (Fsp3) is 0.917. The van der Waals surface area contributed by atoms with Crippen molar-refractivity contribution in [3.05, 3.63) is 5.92 Å². The maximum absolute atomic E-state index is 2.37. The second kappa shape index (κ2) is 5.61. The van der Waals surface area contributed by atoms with E-state index < -0.39 is 0 Å². The van der Waals surface area contributed by atoms with E-state index in [4.69, 9.17) is 0 Å². The molecule has 2 atom stereocenters. The third-order valence-electron chi connectivity index (χ3n) is 3.01. The van der Waals surface area contributed by atoms with E-state index in [1.165, 1.54) is 12.8 Å². The maximum atomic E-state index is 2.37. The Morgan fingerprint density at radius 1 is 1.08 bits per heavy atom. The standard InChI is InChI=1S/C12H25/c1-7-10(4)12(6)11(5)8-9(2)3/h9-10,12H,7-8H2,1-6H3. The predicted octanol–water partition coefficient (Wildman–Crippen LogP) is 4.31. The molecule has 0 spiro atoms. The molecule has 0 aliphatic heterocycles. The highest BCUT2D eigenvalue weighted by Crippen LogP contribution is 2.29. The molecule has 0 rings (SSSR count). The topological polar surface area (TPSA) is 0 Å². The Morgan fingerprint density at radius 2 is 1.58 bits per heavy atom. The van der Waals surface area contributed by atoms with Crippen LogP contribution < -0.4 is 0 Å². The summed E-state index contributed by atoms with van der Waals surface area (Å²) in [4.78, 5) is 0. The lowest BCUT2D eigenvalue weighted by atomic mass is 9.80. The van der Waals surface area contributed by atoms with E-state index in [-0.39, 0.29) is 0 Å². The summed E-state index contributed by atoms with van der Waals surface area (Å²) in [5.74, 6) is 4.15. The summed E-state index contributed by atoms with van der Waals surface area (Å²) in [6, 6.07) is 0. The Balaban J connectivity index is 3.83. The van der Waals surface area contributed by atoms with E-state index in [1.54, 1.807) is 5.92 Å². The first-order valence-corrected chi connectivity index (χ1v) is 5.31. The zero-order chi connectivity index (χ0) is 9.72. The summed E-state index contributed by atoms with van der Waals surface area (Å²) in [5, 5.41) is 0. The predicted molar refractivity (Wildman–Crippen MR) is 57.0 cm³/mol. The van der Waals surface area contributed by atoms with Crippen LogP contribution in [0.25, 0.3) is 0 Å². The zero-order valence-electron chi connectivity index (χ0n) is 9.65. The molecule has 12 heavy (non-hydrogen) atoms. The van der Waals surface area contributed by atoms with Crippen molar-refractivity contribution >= 4 is 0 Å². The van der Waals surface area contributed by atoms with Crippen molar-refractivity contribution in [2.75, 3.05) is 0 Å². The van der Waals surface area contributed by atoms with E-state index in [9.17, 15) is 0 Å². The number of hydrogen-bond donors (Lipinski definition) is 0. The van der Waals surface area contributed by atoms with Gasteiger partial charge in [0.1, 0.15) is 0 Å². The summed E-state index contributed by atoms with van der Waals surface area (Å²) >= 11 is 0. The van der Waals surface area contributed by atoms with Crippen molar-refractivity contribution in [2.45, 2.75) is 54.4 Å². The normalized spacial score (nSPS) is 17.0. The zero-order valence-corrected chi connectivity index (χ0v) is 9.65. The van der Waals surface area contributed by atoms with Gasteiger partial charge in [-0.05, 0) is 30.1 Å². The molecule has 0 fully saturated rings. The highest BCUT2D eigenvalue weighted by Gasteiger charge is 2.18. The van der Waals surface area contributed by atoms with Crippen molar-refractivity contribution in [2.24, 2.45) is 17.8 Å². The lowest BCUT2D eigenvalue weighted by Gasteiger charge is -2.26. The van der Waals surface area contributed by atoms with Crippen molar-refractivity contribution in [1.29, 1.82) is 0 Å². The molecule has 2 unspecified atom stereocenters. The third-order valence-corrected chi connectivity index (χ3v) is 3.01. The smallest absolute Gasteiger partial charge is 0.0239 e. The molecule has 73 valence electrons. The van der Waals surface area contributed by atoms with Gasteiger partial charge in [0.25, 0.3) is 0 Å². The van der Waals surface area contributed by atoms with Crippen LogP contribution in [0.15, 0.2) is 0 Å². The summed E-state index contributed by atoms with van der Waals surface area (Å²) < 4.78 is 0. The highest BCUT2D eigenvalue weighted by atomic mass is 14.2. The van der Waals surface area contributed by atoms with Gasteiger partial charge in [-0.1, -0.05) is 48.0 Å². The Labute approximate surface area is 78.8 Å². The quantitative estimate of drug-likeness (QED) is 0.575. The van der Waals surface area contributed by atoms with Crippen molar-refractivity contribution in [3.8, 4) is 0 Å². The van der Waals surface area contributed by atoms with Crippen LogP contribution >= 0.6 is 0 Å². The molecule has 0 saturated heterocycles. The van der Waals surface area contributed by atoms with Crippen LogP contribution in [0.1, 0.15) is 54.4 Å². The van der Waals surface area contributed by atoms with Gasteiger partial charge in [-0.25, -0.2) is 0 Å². The van der Waals surface area contributed by atoms with E-state index in [1.807, 2.05) is 0 Å². The largest absolute Gasteiger partial charge is 0.0651 e. The highest BCUT2D eigenvalue weighted by molar-refractivity contribution is 4.92. The second-order valence-corrected chi connectivity index (χ2v) is 4.62. The molecule has 0 nitrogen and oxygen atoms in total. The first-order chi connectivity index (χ1) is 5.49. The van der Waals surface area contributed by atoms with Gasteiger partial charge in [-0.15, -0.1) is 0 Å². The van der Waals surface area contributed by atoms with Crippen LogP contribution in [-0.4, -0.2) is 0 Å². The third kappa shape index (κ3) is 4.13. The lowest BCUT2D eigenvalue weighted by Crippen LogP contribution is -2.15. The molecular weight excluding hydrogens is 144 g/mol. The SMILES string of the molecule is CCC(C)C(C)[C](C)CC(C)C. The lowest BCUT2D eigenvalue weighted by molar-refractivity contribution is 0.362. The molecule has 0 aliphatic carbocycles. The fourth-order valence-corrected chi connectivity index (χ4v) is 1.67. The molecule has 0 heteroatoms. The number of hydrogen-bond acceptors (Lipinski definition) is 0. The number of rotatable bonds is 5. The van der Waals surface area contributed by atoms with E-state index >= 15 is 0 Å². The Morgan fingerprint density at radius 3 is 1.92 bits per heavy atom. The van der Waals surface area contributed by atoms with Gasteiger partial charge in [0.2, 0.25) is 0 Å². The Bertz CT molecular complexity index is 105. The minimum atomic E-state index is 0.803. The van der Waals surface area contributed by atoms with E-state index in [0.717, 1.165) is 17.8 Å². The van der Waals surface area contributed by atoms with Gasteiger partial charge in [0.05, 0.1) is 0 Å². The summed E-state index contributed by atoms with van der Waals surface area (Å²) in [5.41, 5.74) is 0. The van der Waals surface area contributed by atoms with Crippen molar-refractivity contribution < 1.29 is 0 Å². The molecule has 0 aromatic rings. The first-order valence-electron chi connectivity index (χ1n) is 5.31. The molecule has 0 aromatic heterocycles. The molecular formula is C12H25. The minimum Gasteiger partial charge on any atom is -0.0651 e. The molecule has 1 radical (unpaired) electrons. The van der Waals surface area contributed by atoms with E-state index in [2.05, 4.69) is 41.5 Å². The van der Waals surface area contributed by atoms with Crippen LogP contribution in [-0.2, 0) is 0 Å². The van der Waals surface area contributed by atoms with Gasteiger partial charge < -0.3 is 0 Å². The maximum Gasteiger partial charge on any atom is -0.0239 e. The first kappa shape index (κ1) is 12.0. The average Bonchev–Trinajstić information content (AvgIpc) is 2.00. The molecule has 0 amide bonds. The van der Waals surface area contributed by atoms with Crippen LogP contribution in [0.5, 0.6) is 0 Å². The van der Waals surface area contributed by atoms with E-state index in [0.29, 0.717) is 0 Å². The Hall–Kier alpha value is 0. The van der Waals surface area contributed by atoms with Crippen LogP contribution in [0, 0.1) is 23.7 Å². The van der Waals surface area contributed by atoms with Gasteiger partial charge in [-0.3, -0.25) is 0 Å². The van der Waals surface area contributed by atoms with Crippen LogP contribution in [0.3, 0.4) is 0 Å². The monoisotopic (exact) mass is 169 g/mol.